The third-order valence-electron chi connectivity index (χ3n) is 4.19. The van der Waals surface area contributed by atoms with Crippen molar-refractivity contribution >= 4 is 11.6 Å². The molecule has 2 rings (SSSR count). The summed E-state index contributed by atoms with van der Waals surface area (Å²) in [5.41, 5.74) is 2.39. The Hall–Kier alpha value is -2.31. The maximum Gasteiger partial charge on any atom is 0.223 e. The quantitative estimate of drug-likeness (QED) is 0.759. The second kappa shape index (κ2) is 9.40. The van der Waals surface area contributed by atoms with Crippen LogP contribution in [-0.4, -0.2) is 30.7 Å². The normalized spacial score (nSPS) is 12.0. The number of nitrogens with zero attached hydrogens (tertiary/aromatic N) is 1. The van der Waals surface area contributed by atoms with Crippen molar-refractivity contribution in [2.45, 2.75) is 32.4 Å². The molecule has 0 spiro atoms. The molecule has 0 radical (unpaired) electrons. The van der Waals surface area contributed by atoms with Gasteiger partial charge in [-0.05, 0) is 48.2 Å². The molecule has 0 saturated heterocycles. The van der Waals surface area contributed by atoms with Gasteiger partial charge in [0.05, 0.1) is 6.10 Å². The fourth-order valence-corrected chi connectivity index (χ4v) is 2.59. The summed E-state index contributed by atoms with van der Waals surface area (Å²) >= 11 is 0. The number of amides is 1. The number of nitrogens with one attached hydrogen (secondary N) is 1. The third kappa shape index (κ3) is 6.20. The number of hydrogen-bond acceptors (Lipinski definition) is 3. The molecule has 0 aliphatic heterocycles. The predicted octanol–water partition coefficient (Wildman–Crippen LogP) is 3.03. The summed E-state index contributed by atoms with van der Waals surface area (Å²) in [6, 6.07) is 11.0. The highest BCUT2D eigenvalue weighted by Crippen LogP contribution is 2.14. The molecule has 0 fully saturated rings. The first-order valence-electron chi connectivity index (χ1n) is 8.52. The molecule has 0 aliphatic rings. The zero-order valence-electron chi connectivity index (χ0n) is 15.0. The number of anilines is 1. The molecule has 2 N–H and O–H groups in total. The first-order chi connectivity index (χ1) is 12.3. The lowest BCUT2D eigenvalue weighted by Gasteiger charge is -2.16. The van der Waals surface area contributed by atoms with E-state index in [0.717, 1.165) is 17.3 Å². The van der Waals surface area contributed by atoms with Gasteiger partial charge in [0.2, 0.25) is 5.91 Å². The summed E-state index contributed by atoms with van der Waals surface area (Å²) in [7, 11) is 1.72. The number of hydrogen-bond donors (Lipinski definition) is 2. The second-order valence-electron chi connectivity index (χ2n) is 6.35. The molecule has 0 aromatic heterocycles. The minimum absolute atomic E-state index is 0.0304. The smallest absolute Gasteiger partial charge is 0.223 e. The van der Waals surface area contributed by atoms with E-state index in [2.05, 4.69) is 5.32 Å². The van der Waals surface area contributed by atoms with Gasteiger partial charge in [-0.2, -0.15) is 0 Å². The van der Waals surface area contributed by atoms with Crippen LogP contribution in [0.25, 0.3) is 0 Å². The van der Waals surface area contributed by atoms with Gasteiger partial charge in [-0.25, -0.2) is 8.78 Å². The molecule has 4 nitrogen and oxygen atoms in total. The molecule has 0 aliphatic carbocycles. The van der Waals surface area contributed by atoms with Gasteiger partial charge >= 0.3 is 0 Å². The van der Waals surface area contributed by atoms with Gasteiger partial charge in [0.15, 0.2) is 0 Å². The molecule has 6 heteroatoms. The second-order valence-corrected chi connectivity index (χ2v) is 6.35. The van der Waals surface area contributed by atoms with Gasteiger partial charge in [-0.15, -0.1) is 0 Å². The summed E-state index contributed by atoms with van der Waals surface area (Å²) < 4.78 is 26.3. The summed E-state index contributed by atoms with van der Waals surface area (Å²) in [6.07, 6.45) is 0.214. The van der Waals surface area contributed by atoms with Crippen LogP contribution in [0.5, 0.6) is 0 Å². The van der Waals surface area contributed by atoms with E-state index in [1.54, 1.807) is 11.9 Å². The van der Waals surface area contributed by atoms with Gasteiger partial charge in [0, 0.05) is 38.8 Å². The highest BCUT2D eigenvalue weighted by Gasteiger charge is 2.08. The standard InChI is InChI=1S/C20H24F2N2O2/c1-14(25)24(2)19-6-3-15(4-7-19)12-23-13-20(26)8-5-16-9-17(21)11-18(22)10-16/h3-4,6-7,9-11,20,23,26H,5,8,12-13H2,1-2H3. The fourth-order valence-electron chi connectivity index (χ4n) is 2.59. The van der Waals surface area contributed by atoms with E-state index in [1.807, 2.05) is 24.3 Å². The van der Waals surface area contributed by atoms with Gasteiger partial charge in [0.25, 0.3) is 0 Å². The Morgan fingerprint density at radius 1 is 1.12 bits per heavy atom. The Labute approximate surface area is 152 Å². The minimum Gasteiger partial charge on any atom is -0.392 e. The van der Waals surface area contributed by atoms with E-state index in [4.69, 9.17) is 0 Å². The van der Waals surface area contributed by atoms with Crippen LogP contribution in [0.1, 0.15) is 24.5 Å². The average molecular weight is 362 g/mol. The Kier molecular flexibility index (Phi) is 7.24. The lowest BCUT2D eigenvalue weighted by Crippen LogP contribution is -2.27. The molecule has 0 heterocycles. The first kappa shape index (κ1) is 20.0. The molecule has 2 aromatic rings. The SMILES string of the molecule is CC(=O)N(C)c1ccc(CNCC(O)CCc2cc(F)cc(F)c2)cc1. The van der Waals surface area contributed by atoms with E-state index >= 15 is 0 Å². The van der Waals surface area contributed by atoms with Crippen LogP contribution in [0.3, 0.4) is 0 Å². The van der Waals surface area contributed by atoms with Crippen molar-refractivity contribution in [1.29, 1.82) is 0 Å². The molecule has 26 heavy (non-hydrogen) atoms. The zero-order valence-corrected chi connectivity index (χ0v) is 15.0. The summed E-state index contributed by atoms with van der Waals surface area (Å²) in [6.45, 7) is 2.47. The van der Waals surface area contributed by atoms with Crippen LogP contribution in [0.2, 0.25) is 0 Å². The van der Waals surface area contributed by atoms with Crippen LogP contribution in [0, 0.1) is 11.6 Å². The van der Waals surface area contributed by atoms with Crippen LogP contribution < -0.4 is 10.2 Å². The van der Waals surface area contributed by atoms with Crippen molar-refractivity contribution in [1.82, 2.24) is 5.32 Å². The lowest BCUT2D eigenvalue weighted by molar-refractivity contribution is -0.116. The van der Waals surface area contributed by atoms with Gasteiger partial charge in [0.1, 0.15) is 11.6 Å². The number of rotatable bonds is 8. The van der Waals surface area contributed by atoms with Crippen molar-refractivity contribution < 1.29 is 18.7 Å². The number of benzene rings is 2. The highest BCUT2D eigenvalue weighted by atomic mass is 19.1. The van der Waals surface area contributed by atoms with Crippen LogP contribution in [0.4, 0.5) is 14.5 Å². The number of aliphatic hydroxyl groups excluding tert-OH is 1. The van der Waals surface area contributed by atoms with Crippen molar-refractivity contribution in [3.8, 4) is 0 Å². The average Bonchev–Trinajstić information content (AvgIpc) is 2.59. The Bertz CT molecular complexity index is 715. The summed E-state index contributed by atoms with van der Waals surface area (Å²) in [5, 5.41) is 13.2. The fraction of sp³-hybridized carbons (Fsp3) is 0.350. The van der Waals surface area contributed by atoms with Crippen molar-refractivity contribution in [2.24, 2.45) is 0 Å². The zero-order chi connectivity index (χ0) is 19.1. The van der Waals surface area contributed by atoms with E-state index in [-0.39, 0.29) is 5.91 Å². The van der Waals surface area contributed by atoms with E-state index in [1.165, 1.54) is 19.1 Å². The Morgan fingerprint density at radius 2 is 1.73 bits per heavy atom. The van der Waals surface area contributed by atoms with Crippen LogP contribution >= 0.6 is 0 Å². The van der Waals surface area contributed by atoms with Crippen LogP contribution in [-0.2, 0) is 17.8 Å². The molecule has 0 saturated carbocycles. The number of carbonyl (C=O) groups is 1. The number of aryl methyl sites for hydroxylation is 1. The van der Waals surface area contributed by atoms with E-state index in [9.17, 15) is 18.7 Å². The monoisotopic (exact) mass is 362 g/mol. The number of aliphatic hydroxyl groups is 1. The summed E-state index contributed by atoms with van der Waals surface area (Å²) in [4.78, 5) is 12.9. The molecule has 140 valence electrons. The van der Waals surface area contributed by atoms with E-state index in [0.29, 0.717) is 31.5 Å². The molecular formula is C20H24F2N2O2. The molecule has 1 unspecified atom stereocenters. The van der Waals surface area contributed by atoms with Crippen LogP contribution in [0.15, 0.2) is 42.5 Å². The number of halogens is 2. The predicted molar refractivity (Wildman–Crippen MR) is 97.9 cm³/mol. The molecular weight excluding hydrogens is 338 g/mol. The maximum atomic E-state index is 13.1. The third-order valence-corrected chi connectivity index (χ3v) is 4.19. The van der Waals surface area contributed by atoms with E-state index < -0.39 is 17.7 Å². The van der Waals surface area contributed by atoms with Gasteiger partial charge in [-0.3, -0.25) is 4.79 Å². The van der Waals surface area contributed by atoms with Crippen molar-refractivity contribution in [2.75, 3.05) is 18.5 Å². The Balaban J connectivity index is 1.74. The van der Waals surface area contributed by atoms with Crippen molar-refractivity contribution in [3.05, 3.63) is 65.2 Å². The topological polar surface area (TPSA) is 52.6 Å². The largest absolute Gasteiger partial charge is 0.392 e. The molecule has 2 aromatic carbocycles. The lowest BCUT2D eigenvalue weighted by atomic mass is 10.1. The van der Waals surface area contributed by atoms with Crippen molar-refractivity contribution in [3.63, 3.8) is 0 Å². The number of carbonyl (C=O) groups excluding carboxylic acids is 1. The minimum atomic E-state index is -0.607. The molecule has 0 bridgehead atoms. The maximum absolute atomic E-state index is 13.1. The highest BCUT2D eigenvalue weighted by molar-refractivity contribution is 5.90. The molecule has 1 amide bonds. The molecule has 1 atom stereocenters. The first-order valence-corrected chi connectivity index (χ1v) is 8.52. The van der Waals surface area contributed by atoms with Gasteiger partial charge < -0.3 is 15.3 Å². The Morgan fingerprint density at radius 3 is 2.31 bits per heavy atom. The summed E-state index contributed by atoms with van der Waals surface area (Å²) in [5.74, 6) is -1.24. The van der Waals surface area contributed by atoms with Gasteiger partial charge in [-0.1, -0.05) is 12.1 Å².